The van der Waals surface area contributed by atoms with Crippen molar-refractivity contribution < 1.29 is 27.2 Å². The Morgan fingerprint density at radius 2 is 1.89 bits per heavy atom. The molecule has 3 rings (SSSR count). The Kier molecular flexibility index (Phi) is 4.56. The molecule has 2 aromatic carbocycles. The lowest BCUT2D eigenvalue weighted by Crippen LogP contribution is -2.07. The maximum atomic E-state index is 12.9. The van der Waals surface area contributed by atoms with E-state index in [2.05, 4.69) is 0 Å². The smallest absolute Gasteiger partial charge is 0.418 e. The van der Waals surface area contributed by atoms with E-state index in [9.17, 15) is 28.1 Å². The van der Waals surface area contributed by atoms with E-state index in [4.69, 9.17) is 20.8 Å². The summed E-state index contributed by atoms with van der Waals surface area (Å²) in [7, 11) is 0. The second kappa shape index (κ2) is 6.58. The van der Waals surface area contributed by atoms with Gasteiger partial charge in [0.2, 0.25) is 5.75 Å². The number of fused-ring (bicyclic) bond motifs is 1. The highest BCUT2D eigenvalue weighted by atomic mass is 35.5. The van der Waals surface area contributed by atoms with Gasteiger partial charge >= 0.3 is 17.5 Å². The van der Waals surface area contributed by atoms with Gasteiger partial charge in [0.05, 0.1) is 15.5 Å². The fourth-order valence-electron chi connectivity index (χ4n) is 2.48. The van der Waals surface area contributed by atoms with Gasteiger partial charge in [0.25, 0.3) is 0 Å². The van der Waals surface area contributed by atoms with Gasteiger partial charge in [0.1, 0.15) is 11.3 Å². The molecule has 0 amide bonds. The Morgan fingerprint density at radius 3 is 2.52 bits per heavy atom. The van der Waals surface area contributed by atoms with Crippen LogP contribution >= 0.6 is 11.6 Å². The molecule has 0 atom stereocenters. The number of ether oxygens (including phenoxy) is 1. The number of nitro benzene ring substituents is 1. The highest BCUT2D eigenvalue weighted by Gasteiger charge is 2.36. The summed E-state index contributed by atoms with van der Waals surface area (Å²) >= 11 is 5.61. The Bertz CT molecular complexity index is 1120. The zero-order valence-corrected chi connectivity index (χ0v) is 14.2. The molecule has 0 fully saturated rings. The lowest BCUT2D eigenvalue weighted by atomic mass is 10.1. The summed E-state index contributed by atoms with van der Waals surface area (Å²) in [5.41, 5.74) is -2.03. The molecule has 1 heterocycles. The van der Waals surface area contributed by atoms with E-state index in [-0.39, 0.29) is 11.3 Å². The average molecular weight is 400 g/mol. The second-order valence-corrected chi connectivity index (χ2v) is 5.97. The topological polar surface area (TPSA) is 82.6 Å². The number of hydrogen-bond acceptors (Lipinski definition) is 5. The van der Waals surface area contributed by atoms with Crippen LogP contribution < -0.4 is 10.4 Å². The normalized spacial score (nSPS) is 11.6. The maximum Gasteiger partial charge on any atom is 0.418 e. The predicted octanol–water partition coefficient (Wildman–Crippen LogP) is 5.47. The Balaban J connectivity index is 2.10. The van der Waals surface area contributed by atoms with Crippen molar-refractivity contribution >= 4 is 28.3 Å². The quantitative estimate of drug-likeness (QED) is 0.331. The molecule has 10 heteroatoms. The number of halogens is 4. The highest BCUT2D eigenvalue weighted by Crippen LogP contribution is 2.42. The van der Waals surface area contributed by atoms with Crippen LogP contribution in [-0.2, 0) is 6.18 Å². The molecule has 6 nitrogen and oxygen atoms in total. The summed E-state index contributed by atoms with van der Waals surface area (Å²) in [6.45, 7) is 1.69. The standard InChI is InChI=1S/C17H9ClF3NO5/c1-8-4-16(23)27-14-5-9(2-3-10(8)14)26-15-7-12(18)11(17(19,20)21)6-13(15)22(24)25/h2-7H,1H3. The number of rotatable bonds is 3. The van der Waals surface area contributed by atoms with E-state index in [0.717, 1.165) is 6.07 Å². The summed E-state index contributed by atoms with van der Waals surface area (Å²) in [6, 6.07) is 6.62. The average Bonchev–Trinajstić information content (AvgIpc) is 2.52. The molecule has 0 aliphatic carbocycles. The third-order valence-corrected chi connectivity index (χ3v) is 4.01. The van der Waals surface area contributed by atoms with Crippen LogP contribution in [0.3, 0.4) is 0 Å². The van der Waals surface area contributed by atoms with Gasteiger partial charge in [-0.05, 0) is 24.6 Å². The first-order valence-electron chi connectivity index (χ1n) is 7.34. The number of benzene rings is 2. The molecule has 0 saturated carbocycles. The number of nitro groups is 1. The predicted molar refractivity (Wildman–Crippen MR) is 90.4 cm³/mol. The fraction of sp³-hybridized carbons (Fsp3) is 0.118. The van der Waals surface area contributed by atoms with E-state index in [1.54, 1.807) is 13.0 Å². The van der Waals surface area contributed by atoms with E-state index in [1.165, 1.54) is 18.2 Å². The van der Waals surface area contributed by atoms with Crippen molar-refractivity contribution in [1.29, 1.82) is 0 Å². The lowest BCUT2D eigenvalue weighted by Gasteiger charge is -2.12. The summed E-state index contributed by atoms with van der Waals surface area (Å²) < 4.78 is 49.1. The van der Waals surface area contributed by atoms with Crippen molar-refractivity contribution in [2.45, 2.75) is 13.1 Å². The SMILES string of the molecule is Cc1cc(=O)oc2cc(Oc3cc(Cl)c(C(F)(F)F)cc3[N+](=O)[O-])ccc12. The minimum atomic E-state index is -4.86. The monoisotopic (exact) mass is 399 g/mol. The zero-order chi connectivity index (χ0) is 19.9. The number of nitrogens with zero attached hydrogens (tertiary/aromatic N) is 1. The summed E-state index contributed by atoms with van der Waals surface area (Å²) in [6.07, 6.45) is -4.86. The van der Waals surface area contributed by atoms with Crippen LogP contribution in [0.2, 0.25) is 5.02 Å². The molecule has 0 N–H and O–H groups in total. The minimum absolute atomic E-state index is 0.0233. The van der Waals surface area contributed by atoms with Crippen LogP contribution in [0.5, 0.6) is 11.5 Å². The molecule has 1 aromatic heterocycles. The molecule has 140 valence electrons. The molecule has 0 unspecified atom stereocenters. The fourth-order valence-corrected chi connectivity index (χ4v) is 2.74. The van der Waals surface area contributed by atoms with Crippen LogP contribution in [0.25, 0.3) is 11.0 Å². The minimum Gasteiger partial charge on any atom is -0.450 e. The van der Waals surface area contributed by atoms with Gasteiger partial charge in [-0.3, -0.25) is 10.1 Å². The van der Waals surface area contributed by atoms with Crippen LogP contribution in [0.4, 0.5) is 18.9 Å². The second-order valence-electron chi connectivity index (χ2n) is 5.56. The van der Waals surface area contributed by atoms with Gasteiger partial charge in [0.15, 0.2) is 0 Å². The molecular formula is C17H9ClF3NO5. The van der Waals surface area contributed by atoms with Crippen molar-refractivity contribution in [1.82, 2.24) is 0 Å². The number of alkyl halides is 3. The van der Waals surface area contributed by atoms with Crippen LogP contribution in [0, 0.1) is 17.0 Å². The van der Waals surface area contributed by atoms with E-state index in [1.807, 2.05) is 0 Å². The molecule has 0 aliphatic rings. The molecule has 0 bridgehead atoms. The van der Waals surface area contributed by atoms with E-state index < -0.39 is 38.7 Å². The van der Waals surface area contributed by atoms with Crippen LogP contribution in [0.15, 0.2) is 45.6 Å². The van der Waals surface area contributed by atoms with Crippen molar-refractivity contribution in [2.75, 3.05) is 0 Å². The number of aryl methyl sites for hydroxylation is 1. The Hall–Kier alpha value is -3.07. The molecule has 27 heavy (non-hydrogen) atoms. The summed E-state index contributed by atoms with van der Waals surface area (Å²) in [4.78, 5) is 21.6. The first-order chi connectivity index (χ1) is 12.6. The van der Waals surface area contributed by atoms with Crippen molar-refractivity contribution in [3.8, 4) is 11.5 Å². The van der Waals surface area contributed by atoms with Gasteiger partial charge in [0, 0.05) is 29.7 Å². The molecule has 3 aromatic rings. The zero-order valence-electron chi connectivity index (χ0n) is 13.5. The van der Waals surface area contributed by atoms with Gasteiger partial charge in [-0.15, -0.1) is 0 Å². The molecular weight excluding hydrogens is 391 g/mol. The van der Waals surface area contributed by atoms with Crippen LogP contribution in [-0.4, -0.2) is 4.92 Å². The maximum absolute atomic E-state index is 12.9. The van der Waals surface area contributed by atoms with E-state index in [0.29, 0.717) is 17.0 Å². The first-order valence-corrected chi connectivity index (χ1v) is 7.71. The molecule has 0 spiro atoms. The van der Waals surface area contributed by atoms with Crippen molar-refractivity contribution in [3.05, 3.63) is 73.1 Å². The van der Waals surface area contributed by atoms with E-state index >= 15 is 0 Å². The highest BCUT2D eigenvalue weighted by molar-refractivity contribution is 6.31. The van der Waals surface area contributed by atoms with Gasteiger partial charge in [-0.2, -0.15) is 13.2 Å². The van der Waals surface area contributed by atoms with Gasteiger partial charge < -0.3 is 9.15 Å². The van der Waals surface area contributed by atoms with Crippen LogP contribution in [0.1, 0.15) is 11.1 Å². The molecule has 0 radical (unpaired) electrons. The van der Waals surface area contributed by atoms with Crippen molar-refractivity contribution in [2.24, 2.45) is 0 Å². The third kappa shape index (κ3) is 3.72. The Labute approximate surface area is 153 Å². The lowest BCUT2D eigenvalue weighted by molar-refractivity contribution is -0.385. The van der Waals surface area contributed by atoms with Gasteiger partial charge in [-0.25, -0.2) is 4.79 Å². The van der Waals surface area contributed by atoms with Gasteiger partial charge in [-0.1, -0.05) is 11.6 Å². The number of hydrogen-bond donors (Lipinski definition) is 0. The largest absolute Gasteiger partial charge is 0.450 e. The summed E-state index contributed by atoms with van der Waals surface area (Å²) in [5.74, 6) is -0.456. The van der Waals surface area contributed by atoms with Crippen molar-refractivity contribution in [3.63, 3.8) is 0 Å². The molecule has 0 aliphatic heterocycles. The Morgan fingerprint density at radius 1 is 1.19 bits per heavy atom. The third-order valence-electron chi connectivity index (χ3n) is 3.70. The summed E-state index contributed by atoms with van der Waals surface area (Å²) in [5, 5.41) is 11.0. The molecule has 0 saturated heterocycles. The first kappa shape index (κ1) is 18.7.